The lowest BCUT2D eigenvalue weighted by atomic mass is 10.0. The fraction of sp³-hybridized carbons (Fsp3) is 0.556. The van der Waals surface area contributed by atoms with Crippen LogP contribution in [-0.2, 0) is 11.8 Å². The zero-order chi connectivity index (χ0) is 10.8. The summed E-state index contributed by atoms with van der Waals surface area (Å²) in [6, 6.07) is 1.70. The number of rotatable bonds is 3. The molecule has 2 N–H and O–H groups in total. The van der Waals surface area contributed by atoms with Gasteiger partial charge in [0.1, 0.15) is 0 Å². The van der Waals surface area contributed by atoms with Gasteiger partial charge in [-0.2, -0.15) is 5.10 Å². The minimum Gasteiger partial charge on any atom is -0.481 e. The highest BCUT2D eigenvalue weighted by molar-refractivity contribution is 5.92. The second kappa shape index (κ2) is 3.90. The second-order valence-corrected chi connectivity index (χ2v) is 3.54. The molecular formula is C9H14N4O2. The zero-order valence-corrected chi connectivity index (χ0v) is 8.78. The quantitative estimate of drug-likeness (QED) is 0.711. The molecule has 1 aromatic heterocycles. The van der Waals surface area contributed by atoms with Crippen LogP contribution in [0.2, 0.25) is 0 Å². The van der Waals surface area contributed by atoms with Crippen LogP contribution in [-0.4, -0.2) is 35.9 Å². The molecule has 15 heavy (non-hydrogen) atoms. The van der Waals surface area contributed by atoms with E-state index >= 15 is 0 Å². The highest BCUT2D eigenvalue weighted by Gasteiger charge is 2.25. The third-order valence-corrected chi connectivity index (χ3v) is 2.45. The summed E-state index contributed by atoms with van der Waals surface area (Å²) in [6.45, 7) is 1.49. The molecule has 1 aliphatic rings. The van der Waals surface area contributed by atoms with E-state index in [0.717, 1.165) is 13.1 Å². The zero-order valence-electron chi connectivity index (χ0n) is 8.78. The number of carbonyl (C=O) groups excluding carboxylic acids is 1. The van der Waals surface area contributed by atoms with Gasteiger partial charge >= 0.3 is 0 Å². The Morgan fingerprint density at radius 3 is 2.93 bits per heavy atom. The minimum absolute atomic E-state index is 0.00880. The van der Waals surface area contributed by atoms with Gasteiger partial charge in [0.15, 0.2) is 5.82 Å². The van der Waals surface area contributed by atoms with Gasteiger partial charge in [-0.3, -0.25) is 4.79 Å². The number of aryl methyl sites for hydroxylation is 1. The van der Waals surface area contributed by atoms with E-state index in [0.29, 0.717) is 11.7 Å². The van der Waals surface area contributed by atoms with Gasteiger partial charge in [-0.25, -0.2) is 4.68 Å². The molecule has 1 aromatic rings. The number of amides is 1. The van der Waals surface area contributed by atoms with Crippen molar-refractivity contribution in [2.24, 2.45) is 13.0 Å². The lowest BCUT2D eigenvalue weighted by Crippen LogP contribution is -2.48. The van der Waals surface area contributed by atoms with Crippen LogP contribution in [0.4, 0.5) is 5.82 Å². The molecule has 2 rings (SSSR count). The fourth-order valence-electron chi connectivity index (χ4n) is 1.40. The highest BCUT2D eigenvalue weighted by atomic mass is 16.5. The highest BCUT2D eigenvalue weighted by Crippen LogP contribution is 2.16. The van der Waals surface area contributed by atoms with E-state index in [1.165, 1.54) is 0 Å². The molecule has 2 heterocycles. The summed E-state index contributed by atoms with van der Waals surface area (Å²) in [4.78, 5) is 11.6. The molecule has 0 unspecified atom stereocenters. The van der Waals surface area contributed by atoms with E-state index in [1.54, 1.807) is 24.9 Å². The molecule has 0 saturated carbocycles. The van der Waals surface area contributed by atoms with Gasteiger partial charge < -0.3 is 15.4 Å². The molecule has 1 amide bonds. The molecular weight excluding hydrogens is 196 g/mol. The average Bonchev–Trinajstić information content (AvgIpc) is 2.42. The van der Waals surface area contributed by atoms with Crippen molar-refractivity contribution in [2.75, 3.05) is 25.5 Å². The van der Waals surface area contributed by atoms with Gasteiger partial charge in [0, 0.05) is 26.2 Å². The predicted octanol–water partition coefficient (Wildman–Crippen LogP) is -0.413. The van der Waals surface area contributed by atoms with E-state index in [-0.39, 0.29) is 11.8 Å². The summed E-state index contributed by atoms with van der Waals surface area (Å²) in [5.74, 6) is 1.23. The van der Waals surface area contributed by atoms with Gasteiger partial charge in [0.25, 0.3) is 0 Å². The maximum atomic E-state index is 11.6. The van der Waals surface area contributed by atoms with E-state index in [9.17, 15) is 4.79 Å². The van der Waals surface area contributed by atoms with Crippen molar-refractivity contribution >= 4 is 11.7 Å². The molecule has 0 atom stereocenters. The maximum Gasteiger partial charge on any atom is 0.231 e. The summed E-state index contributed by atoms with van der Waals surface area (Å²) in [7, 11) is 3.33. The van der Waals surface area contributed by atoms with Crippen molar-refractivity contribution in [3.05, 3.63) is 6.07 Å². The van der Waals surface area contributed by atoms with Crippen molar-refractivity contribution in [1.82, 2.24) is 15.1 Å². The van der Waals surface area contributed by atoms with Gasteiger partial charge in [-0.1, -0.05) is 0 Å². The van der Waals surface area contributed by atoms with Crippen LogP contribution in [0.15, 0.2) is 6.07 Å². The molecule has 6 heteroatoms. The Hall–Kier alpha value is -1.56. The number of aromatic nitrogens is 2. The molecule has 0 radical (unpaired) electrons. The molecule has 0 bridgehead atoms. The SMILES string of the molecule is COc1cc(NC(=O)C2CNC2)nn1C. The van der Waals surface area contributed by atoms with Crippen molar-refractivity contribution in [3.63, 3.8) is 0 Å². The molecule has 6 nitrogen and oxygen atoms in total. The minimum atomic E-state index is 0.00880. The molecule has 0 aromatic carbocycles. The number of ether oxygens (including phenoxy) is 1. The van der Waals surface area contributed by atoms with Crippen molar-refractivity contribution in [1.29, 1.82) is 0 Å². The molecule has 1 aliphatic heterocycles. The van der Waals surface area contributed by atoms with Crippen LogP contribution >= 0.6 is 0 Å². The maximum absolute atomic E-state index is 11.6. The number of hydrogen-bond donors (Lipinski definition) is 2. The van der Waals surface area contributed by atoms with Crippen LogP contribution in [0.3, 0.4) is 0 Å². The van der Waals surface area contributed by atoms with Crippen LogP contribution in [0, 0.1) is 5.92 Å². The lowest BCUT2D eigenvalue weighted by Gasteiger charge is -2.25. The standard InChI is InChI=1S/C9H14N4O2/c1-13-8(15-2)3-7(12-13)11-9(14)6-4-10-5-6/h3,6,10H,4-5H2,1-2H3,(H,11,12,14). The molecule has 82 valence electrons. The Labute approximate surface area is 87.6 Å². The average molecular weight is 210 g/mol. The van der Waals surface area contributed by atoms with E-state index in [1.807, 2.05) is 0 Å². The second-order valence-electron chi connectivity index (χ2n) is 3.54. The first-order chi connectivity index (χ1) is 7.20. The Bertz CT molecular complexity index is 370. The number of carbonyl (C=O) groups is 1. The third-order valence-electron chi connectivity index (χ3n) is 2.45. The molecule has 1 fully saturated rings. The van der Waals surface area contributed by atoms with E-state index < -0.39 is 0 Å². The molecule has 0 aliphatic carbocycles. The van der Waals surface area contributed by atoms with Crippen molar-refractivity contribution < 1.29 is 9.53 Å². The first kappa shape index (κ1) is 9.97. The monoisotopic (exact) mass is 210 g/mol. The van der Waals surface area contributed by atoms with Crippen LogP contribution < -0.4 is 15.4 Å². The number of anilines is 1. The predicted molar refractivity (Wildman–Crippen MR) is 54.7 cm³/mol. The Kier molecular flexibility index (Phi) is 2.59. The van der Waals surface area contributed by atoms with Crippen LogP contribution in [0.25, 0.3) is 0 Å². The molecule has 0 spiro atoms. The summed E-state index contributed by atoms with van der Waals surface area (Å²) < 4.78 is 6.62. The van der Waals surface area contributed by atoms with Gasteiger partial charge in [0.2, 0.25) is 11.8 Å². The Morgan fingerprint density at radius 2 is 2.47 bits per heavy atom. The van der Waals surface area contributed by atoms with Gasteiger partial charge in [-0.05, 0) is 0 Å². The summed E-state index contributed by atoms with van der Waals surface area (Å²) in [5.41, 5.74) is 0. The molecule has 1 saturated heterocycles. The summed E-state index contributed by atoms with van der Waals surface area (Å²) in [5, 5.41) is 9.89. The van der Waals surface area contributed by atoms with E-state index in [4.69, 9.17) is 4.74 Å². The van der Waals surface area contributed by atoms with Gasteiger partial charge in [-0.15, -0.1) is 0 Å². The third kappa shape index (κ3) is 1.94. The van der Waals surface area contributed by atoms with Crippen LogP contribution in [0.1, 0.15) is 0 Å². The summed E-state index contributed by atoms with van der Waals surface area (Å²) >= 11 is 0. The normalized spacial score (nSPS) is 15.9. The fourth-order valence-corrected chi connectivity index (χ4v) is 1.40. The largest absolute Gasteiger partial charge is 0.481 e. The van der Waals surface area contributed by atoms with Crippen LogP contribution in [0.5, 0.6) is 5.88 Å². The van der Waals surface area contributed by atoms with Crippen molar-refractivity contribution in [2.45, 2.75) is 0 Å². The number of hydrogen-bond acceptors (Lipinski definition) is 4. The number of methoxy groups -OCH3 is 1. The van der Waals surface area contributed by atoms with Crippen molar-refractivity contribution in [3.8, 4) is 5.88 Å². The number of nitrogens with zero attached hydrogens (tertiary/aromatic N) is 2. The first-order valence-electron chi connectivity index (χ1n) is 4.80. The smallest absolute Gasteiger partial charge is 0.231 e. The Morgan fingerprint density at radius 1 is 1.73 bits per heavy atom. The first-order valence-corrected chi connectivity index (χ1v) is 4.80. The lowest BCUT2D eigenvalue weighted by molar-refractivity contribution is -0.121. The van der Waals surface area contributed by atoms with Gasteiger partial charge in [0.05, 0.1) is 13.0 Å². The topological polar surface area (TPSA) is 68.2 Å². The Balaban J connectivity index is 2.00. The summed E-state index contributed by atoms with van der Waals surface area (Å²) in [6.07, 6.45) is 0. The number of nitrogens with one attached hydrogen (secondary N) is 2. The van der Waals surface area contributed by atoms with E-state index in [2.05, 4.69) is 15.7 Å².